The van der Waals surface area contributed by atoms with Gasteiger partial charge in [0, 0.05) is 57.5 Å². The van der Waals surface area contributed by atoms with E-state index in [1.807, 2.05) is 6.07 Å². The smallest absolute Gasteiger partial charge is 0.223 e. The molecule has 0 bridgehead atoms. The number of hydrogen-bond donors (Lipinski definition) is 0. The molecule has 1 aliphatic heterocycles. The lowest BCUT2D eigenvalue weighted by molar-refractivity contribution is -0.131. The van der Waals surface area contributed by atoms with Gasteiger partial charge in [0.25, 0.3) is 0 Å². The lowest BCUT2D eigenvalue weighted by Gasteiger charge is -2.28. The Morgan fingerprint density at radius 1 is 1.28 bits per heavy atom. The zero-order valence-electron chi connectivity index (χ0n) is 16.2. The molecule has 1 fully saturated rings. The normalized spacial score (nSPS) is 15.3. The fraction of sp³-hybridized carbons (Fsp3) is 0.526. The molecule has 2 aromatic rings. The number of aryl methyl sites for hydroxylation is 1. The fourth-order valence-corrected chi connectivity index (χ4v) is 4.98. The Morgan fingerprint density at radius 3 is 2.72 bits per heavy atom. The molecule has 0 atom stereocenters. The second kappa shape index (κ2) is 10.2. The van der Waals surface area contributed by atoms with E-state index in [0.717, 1.165) is 24.8 Å². The monoisotopic (exact) mass is 440 g/mol. The van der Waals surface area contributed by atoms with E-state index in [1.165, 1.54) is 0 Å². The molecule has 0 aliphatic carbocycles. The van der Waals surface area contributed by atoms with Gasteiger partial charge >= 0.3 is 0 Å². The van der Waals surface area contributed by atoms with Crippen LogP contribution in [0, 0.1) is 0 Å². The van der Waals surface area contributed by atoms with Crippen LogP contribution in [0.1, 0.15) is 37.0 Å². The van der Waals surface area contributed by atoms with E-state index in [4.69, 9.17) is 16.1 Å². The van der Waals surface area contributed by atoms with Crippen LogP contribution in [-0.4, -0.2) is 59.1 Å². The zero-order chi connectivity index (χ0) is 20.7. The quantitative estimate of drug-likeness (QED) is 0.594. The molecule has 0 unspecified atom stereocenters. The first-order valence-corrected chi connectivity index (χ1v) is 11.7. The van der Waals surface area contributed by atoms with Crippen LogP contribution in [0.4, 0.5) is 0 Å². The Balaban J connectivity index is 1.64. The van der Waals surface area contributed by atoms with Crippen molar-refractivity contribution in [1.29, 1.82) is 0 Å². The van der Waals surface area contributed by atoms with Gasteiger partial charge in [-0.2, -0.15) is 0 Å². The standard InChI is InChI=1S/C19H25ClN4O4S/c20-18-13-17(28-22-18)6-7-19(25)23(15-16-5-4-8-21-14-16)11-12-29(26,27)24-9-2-1-3-10-24/h4-5,8,13-14H,1-3,6-7,9-12,15H2. The van der Waals surface area contributed by atoms with Gasteiger partial charge in [-0.05, 0) is 24.5 Å². The lowest BCUT2D eigenvalue weighted by atomic mass is 10.2. The van der Waals surface area contributed by atoms with E-state index in [0.29, 0.717) is 31.8 Å². The van der Waals surface area contributed by atoms with Gasteiger partial charge in [-0.15, -0.1) is 0 Å². The molecule has 3 rings (SSSR count). The Hall–Kier alpha value is -1.97. The molecular formula is C19H25ClN4O4S. The van der Waals surface area contributed by atoms with Crippen molar-refractivity contribution in [1.82, 2.24) is 19.3 Å². The van der Waals surface area contributed by atoms with E-state index in [-0.39, 0.29) is 29.8 Å². The van der Waals surface area contributed by atoms with Crippen LogP contribution in [0.2, 0.25) is 5.15 Å². The molecule has 0 saturated carbocycles. The summed E-state index contributed by atoms with van der Waals surface area (Å²) in [7, 11) is -3.39. The van der Waals surface area contributed by atoms with Crippen molar-refractivity contribution in [3.05, 3.63) is 47.1 Å². The van der Waals surface area contributed by atoms with Gasteiger partial charge in [-0.3, -0.25) is 9.78 Å². The van der Waals surface area contributed by atoms with E-state index in [9.17, 15) is 13.2 Å². The predicted molar refractivity (Wildman–Crippen MR) is 109 cm³/mol. The molecule has 0 N–H and O–H groups in total. The number of rotatable bonds is 9. The summed E-state index contributed by atoms with van der Waals surface area (Å²) >= 11 is 5.74. The number of amides is 1. The topological polar surface area (TPSA) is 96.6 Å². The molecule has 0 aromatic carbocycles. The summed E-state index contributed by atoms with van der Waals surface area (Å²) in [6.07, 6.45) is 6.69. The van der Waals surface area contributed by atoms with Gasteiger partial charge in [-0.1, -0.05) is 29.2 Å². The van der Waals surface area contributed by atoms with Crippen molar-refractivity contribution < 1.29 is 17.7 Å². The highest BCUT2D eigenvalue weighted by Gasteiger charge is 2.25. The summed E-state index contributed by atoms with van der Waals surface area (Å²) in [4.78, 5) is 18.5. The number of pyridine rings is 1. The number of aromatic nitrogens is 2. The maximum atomic E-state index is 12.8. The molecule has 158 valence electrons. The molecular weight excluding hydrogens is 416 g/mol. The van der Waals surface area contributed by atoms with Gasteiger partial charge < -0.3 is 9.42 Å². The van der Waals surface area contributed by atoms with E-state index in [1.54, 1.807) is 33.7 Å². The maximum absolute atomic E-state index is 12.8. The molecule has 1 aliphatic rings. The first kappa shape index (κ1) is 21.7. The van der Waals surface area contributed by atoms with Crippen molar-refractivity contribution in [3.63, 3.8) is 0 Å². The van der Waals surface area contributed by atoms with Gasteiger partial charge in [0.15, 0.2) is 5.15 Å². The first-order valence-electron chi connectivity index (χ1n) is 9.69. The summed E-state index contributed by atoms with van der Waals surface area (Å²) < 4.78 is 32.0. The molecule has 10 heteroatoms. The number of halogens is 1. The number of nitrogens with zero attached hydrogens (tertiary/aromatic N) is 4. The minimum absolute atomic E-state index is 0.0901. The summed E-state index contributed by atoms with van der Waals surface area (Å²) in [5, 5.41) is 3.84. The molecule has 0 radical (unpaired) electrons. The van der Waals surface area contributed by atoms with Crippen LogP contribution in [0.25, 0.3) is 0 Å². The number of sulfonamides is 1. The summed E-state index contributed by atoms with van der Waals surface area (Å²) in [6, 6.07) is 5.22. The Bertz CT molecular complexity index is 898. The molecule has 2 aromatic heterocycles. The summed E-state index contributed by atoms with van der Waals surface area (Å²) in [6.45, 7) is 1.55. The first-order chi connectivity index (χ1) is 13.9. The van der Waals surface area contributed by atoms with Crippen LogP contribution >= 0.6 is 11.6 Å². The zero-order valence-corrected chi connectivity index (χ0v) is 17.7. The molecule has 3 heterocycles. The highest BCUT2D eigenvalue weighted by molar-refractivity contribution is 7.89. The SMILES string of the molecule is O=C(CCc1cc(Cl)no1)N(CCS(=O)(=O)N1CCCCC1)Cc1cccnc1. The van der Waals surface area contributed by atoms with Crippen LogP contribution in [0.5, 0.6) is 0 Å². The van der Waals surface area contributed by atoms with Crippen LogP contribution in [0.15, 0.2) is 35.1 Å². The van der Waals surface area contributed by atoms with Crippen LogP contribution in [-0.2, 0) is 27.8 Å². The van der Waals surface area contributed by atoms with Crippen molar-refractivity contribution in [3.8, 4) is 0 Å². The average molecular weight is 441 g/mol. The third kappa shape index (κ3) is 6.52. The Labute approximate surface area is 175 Å². The Morgan fingerprint density at radius 2 is 2.07 bits per heavy atom. The highest BCUT2D eigenvalue weighted by atomic mass is 35.5. The molecule has 1 saturated heterocycles. The van der Waals surface area contributed by atoms with Crippen molar-refractivity contribution in [2.24, 2.45) is 0 Å². The highest BCUT2D eigenvalue weighted by Crippen LogP contribution is 2.15. The fourth-order valence-electron chi connectivity index (χ4n) is 3.30. The van der Waals surface area contributed by atoms with Crippen LogP contribution in [0.3, 0.4) is 0 Å². The van der Waals surface area contributed by atoms with E-state index >= 15 is 0 Å². The van der Waals surface area contributed by atoms with Crippen LogP contribution < -0.4 is 0 Å². The lowest BCUT2D eigenvalue weighted by Crippen LogP contribution is -2.41. The van der Waals surface area contributed by atoms with Gasteiger partial charge in [-0.25, -0.2) is 12.7 Å². The predicted octanol–water partition coefficient (Wildman–Crippen LogP) is 2.50. The number of hydrogen-bond acceptors (Lipinski definition) is 6. The number of carbonyl (C=O) groups excluding carboxylic acids is 1. The third-order valence-electron chi connectivity index (χ3n) is 4.89. The van der Waals surface area contributed by atoms with Gasteiger partial charge in [0.1, 0.15) is 5.76 Å². The maximum Gasteiger partial charge on any atom is 0.223 e. The van der Waals surface area contributed by atoms with E-state index < -0.39 is 10.0 Å². The summed E-state index contributed by atoms with van der Waals surface area (Å²) in [5.41, 5.74) is 0.846. The minimum atomic E-state index is -3.39. The third-order valence-corrected chi connectivity index (χ3v) is 6.92. The Kier molecular flexibility index (Phi) is 7.63. The number of piperidine rings is 1. The molecule has 29 heavy (non-hydrogen) atoms. The second-order valence-corrected chi connectivity index (χ2v) is 9.54. The molecule has 8 nitrogen and oxygen atoms in total. The molecule has 0 spiro atoms. The molecule has 1 amide bonds. The minimum Gasteiger partial charge on any atom is -0.360 e. The average Bonchev–Trinajstić information content (AvgIpc) is 3.16. The largest absolute Gasteiger partial charge is 0.360 e. The van der Waals surface area contributed by atoms with Crippen molar-refractivity contribution in [2.45, 2.75) is 38.6 Å². The van der Waals surface area contributed by atoms with Gasteiger partial charge in [0.05, 0.1) is 5.75 Å². The van der Waals surface area contributed by atoms with Crippen molar-refractivity contribution in [2.75, 3.05) is 25.4 Å². The van der Waals surface area contributed by atoms with Gasteiger partial charge in [0.2, 0.25) is 15.9 Å². The second-order valence-electron chi connectivity index (χ2n) is 7.07. The summed E-state index contributed by atoms with van der Waals surface area (Å²) in [5.74, 6) is 0.272. The van der Waals surface area contributed by atoms with E-state index in [2.05, 4.69) is 10.1 Å². The number of carbonyl (C=O) groups is 1. The van der Waals surface area contributed by atoms with Crippen molar-refractivity contribution >= 4 is 27.5 Å².